The van der Waals surface area contributed by atoms with Crippen LogP contribution in [0.3, 0.4) is 0 Å². The van der Waals surface area contributed by atoms with Crippen molar-refractivity contribution in [2.24, 2.45) is 0 Å². The summed E-state index contributed by atoms with van der Waals surface area (Å²) in [6.07, 6.45) is -0.542. The third-order valence-corrected chi connectivity index (χ3v) is 4.25. The van der Waals surface area contributed by atoms with Gasteiger partial charge in [0.15, 0.2) is 11.4 Å². The number of aliphatic hydroxyl groups is 1. The van der Waals surface area contributed by atoms with Crippen LogP contribution in [-0.4, -0.2) is 21.9 Å². The van der Waals surface area contributed by atoms with Crippen molar-refractivity contribution in [3.8, 4) is 5.75 Å². The lowest BCUT2D eigenvalue weighted by molar-refractivity contribution is -0.133. The van der Waals surface area contributed by atoms with Crippen LogP contribution in [0.1, 0.15) is 22.3 Å². The smallest absolute Gasteiger partial charge is 0.261 e. The molecule has 0 aliphatic carbocycles. The zero-order chi connectivity index (χ0) is 16.8. The Hall–Kier alpha value is -2.08. The van der Waals surface area contributed by atoms with Gasteiger partial charge in [-0.3, -0.25) is 9.59 Å². The van der Waals surface area contributed by atoms with Gasteiger partial charge < -0.3 is 15.5 Å². The van der Waals surface area contributed by atoms with E-state index in [4.69, 9.17) is 23.2 Å². The average Bonchev–Trinajstić information content (AvgIpc) is 2.72. The summed E-state index contributed by atoms with van der Waals surface area (Å²) in [7, 11) is 0. The summed E-state index contributed by atoms with van der Waals surface area (Å²) < 4.78 is 0. The van der Waals surface area contributed by atoms with Crippen molar-refractivity contribution in [3.05, 3.63) is 57.6 Å². The maximum Gasteiger partial charge on any atom is 0.261 e. The number of phenolic OH excluding ortho intramolecular Hbond substituents is 1. The third-order valence-electron chi connectivity index (χ3n) is 3.74. The van der Waals surface area contributed by atoms with Crippen molar-refractivity contribution < 1.29 is 19.8 Å². The molecule has 3 rings (SSSR count). The minimum atomic E-state index is -2.09. The second kappa shape index (κ2) is 5.53. The Morgan fingerprint density at radius 2 is 1.91 bits per heavy atom. The van der Waals surface area contributed by atoms with Gasteiger partial charge in [0.2, 0.25) is 0 Å². The van der Waals surface area contributed by atoms with E-state index < -0.39 is 23.7 Å². The van der Waals surface area contributed by atoms with Gasteiger partial charge in [-0.2, -0.15) is 0 Å². The summed E-state index contributed by atoms with van der Waals surface area (Å²) >= 11 is 11.9. The molecular weight excluding hydrogens is 341 g/mol. The summed E-state index contributed by atoms with van der Waals surface area (Å²) in [4.78, 5) is 24.6. The molecule has 7 heteroatoms. The molecule has 5 nitrogen and oxygen atoms in total. The maximum absolute atomic E-state index is 12.4. The van der Waals surface area contributed by atoms with Crippen LogP contribution < -0.4 is 5.32 Å². The zero-order valence-corrected chi connectivity index (χ0v) is 13.1. The number of benzene rings is 2. The van der Waals surface area contributed by atoms with Crippen LogP contribution in [0.4, 0.5) is 5.69 Å². The van der Waals surface area contributed by atoms with E-state index in [0.29, 0.717) is 0 Å². The highest BCUT2D eigenvalue weighted by Gasteiger charge is 2.48. The van der Waals surface area contributed by atoms with E-state index in [1.54, 1.807) is 12.1 Å². The number of phenols is 1. The van der Waals surface area contributed by atoms with Crippen molar-refractivity contribution in [2.45, 2.75) is 12.0 Å². The van der Waals surface area contributed by atoms with Crippen LogP contribution in [-0.2, 0) is 10.4 Å². The molecule has 118 valence electrons. The number of rotatable bonds is 3. The van der Waals surface area contributed by atoms with E-state index in [0.717, 1.165) is 0 Å². The van der Waals surface area contributed by atoms with Gasteiger partial charge >= 0.3 is 0 Å². The summed E-state index contributed by atoms with van der Waals surface area (Å²) in [5, 5.41) is 23.4. The molecule has 0 aromatic heterocycles. The monoisotopic (exact) mass is 351 g/mol. The van der Waals surface area contributed by atoms with Crippen LogP contribution in [0.15, 0.2) is 36.4 Å². The lowest BCUT2D eigenvalue weighted by Crippen LogP contribution is -2.36. The summed E-state index contributed by atoms with van der Waals surface area (Å²) in [6.45, 7) is 0. The minimum absolute atomic E-state index is 0.0234. The van der Waals surface area contributed by atoms with Crippen molar-refractivity contribution in [1.29, 1.82) is 0 Å². The lowest BCUT2D eigenvalue weighted by Gasteiger charge is -2.20. The van der Waals surface area contributed by atoms with Gasteiger partial charge in [-0.15, -0.1) is 0 Å². The maximum atomic E-state index is 12.4. The first-order chi connectivity index (χ1) is 10.8. The first kappa shape index (κ1) is 15.8. The molecule has 1 amide bonds. The largest absolute Gasteiger partial charge is 0.507 e. The number of hydrogen-bond donors (Lipinski definition) is 3. The topological polar surface area (TPSA) is 86.6 Å². The molecule has 0 spiro atoms. The van der Waals surface area contributed by atoms with Gasteiger partial charge in [-0.25, -0.2) is 0 Å². The Labute approximate surface area is 141 Å². The molecule has 2 aromatic rings. The Morgan fingerprint density at radius 3 is 2.61 bits per heavy atom. The molecule has 23 heavy (non-hydrogen) atoms. The first-order valence-electron chi connectivity index (χ1n) is 6.67. The molecule has 1 atom stereocenters. The number of carbonyl (C=O) groups is 2. The lowest BCUT2D eigenvalue weighted by atomic mass is 9.88. The van der Waals surface area contributed by atoms with Crippen molar-refractivity contribution in [1.82, 2.24) is 0 Å². The van der Waals surface area contributed by atoms with E-state index in [1.165, 1.54) is 24.3 Å². The highest BCUT2D eigenvalue weighted by molar-refractivity contribution is 6.37. The molecular formula is C16H11Cl2NO4. The molecule has 0 bridgehead atoms. The van der Waals surface area contributed by atoms with Crippen LogP contribution in [0, 0.1) is 0 Å². The standard InChI is InChI=1S/C16H11Cl2NO4/c17-8-5-10-14(11(18)6-8)19-15(22)16(10,23)7-13(21)9-3-1-2-4-12(9)20/h1-6,20,23H,7H2,(H,19,22). The molecule has 0 fully saturated rings. The predicted molar refractivity (Wildman–Crippen MR) is 86.0 cm³/mol. The first-order valence-corrected chi connectivity index (χ1v) is 7.43. The van der Waals surface area contributed by atoms with Crippen LogP contribution in [0.5, 0.6) is 5.75 Å². The van der Waals surface area contributed by atoms with Crippen LogP contribution >= 0.6 is 23.2 Å². The van der Waals surface area contributed by atoms with Crippen LogP contribution in [0.25, 0.3) is 0 Å². The molecule has 0 saturated carbocycles. The van der Waals surface area contributed by atoms with Crippen molar-refractivity contribution >= 4 is 40.6 Å². The van der Waals surface area contributed by atoms with E-state index in [1.807, 2.05) is 0 Å². The summed E-state index contributed by atoms with van der Waals surface area (Å²) in [6, 6.07) is 8.73. The Kier molecular flexibility index (Phi) is 3.80. The average molecular weight is 352 g/mol. The predicted octanol–water partition coefficient (Wildman–Crippen LogP) is 3.11. The highest BCUT2D eigenvalue weighted by atomic mass is 35.5. The number of anilines is 1. The Balaban J connectivity index is 2.02. The molecule has 1 aliphatic heterocycles. The van der Waals surface area contributed by atoms with Gasteiger partial charge in [0.25, 0.3) is 5.91 Å². The quantitative estimate of drug-likeness (QED) is 0.741. The van der Waals surface area contributed by atoms with Crippen molar-refractivity contribution in [3.63, 3.8) is 0 Å². The number of hydrogen-bond acceptors (Lipinski definition) is 4. The molecule has 1 aliphatic rings. The number of amides is 1. The molecule has 1 heterocycles. The second-order valence-corrected chi connectivity index (χ2v) is 6.09. The Morgan fingerprint density at radius 1 is 1.22 bits per heavy atom. The fraction of sp³-hybridized carbons (Fsp3) is 0.125. The molecule has 3 N–H and O–H groups in total. The normalized spacial score (nSPS) is 19.3. The van der Waals surface area contributed by atoms with Gasteiger partial charge in [-0.05, 0) is 24.3 Å². The van der Waals surface area contributed by atoms with E-state index >= 15 is 0 Å². The SMILES string of the molecule is O=C(CC1(O)C(=O)Nc2c(Cl)cc(Cl)cc21)c1ccccc1O. The number of ketones is 1. The molecule has 2 aromatic carbocycles. The fourth-order valence-electron chi connectivity index (χ4n) is 2.58. The van der Waals surface area contributed by atoms with Crippen molar-refractivity contribution in [2.75, 3.05) is 5.32 Å². The number of para-hydroxylation sites is 1. The number of halogens is 2. The minimum Gasteiger partial charge on any atom is -0.507 e. The molecule has 0 radical (unpaired) electrons. The number of nitrogens with one attached hydrogen (secondary N) is 1. The van der Waals surface area contributed by atoms with Gasteiger partial charge in [0.1, 0.15) is 5.75 Å². The summed E-state index contributed by atoms with van der Waals surface area (Å²) in [5.74, 6) is -1.56. The van der Waals surface area contributed by atoms with Crippen LogP contribution in [0.2, 0.25) is 10.0 Å². The molecule has 1 unspecified atom stereocenters. The van der Waals surface area contributed by atoms with E-state index in [9.17, 15) is 19.8 Å². The second-order valence-electron chi connectivity index (χ2n) is 5.24. The van der Waals surface area contributed by atoms with Gasteiger partial charge in [-0.1, -0.05) is 35.3 Å². The fourth-order valence-corrected chi connectivity index (χ4v) is 3.12. The Bertz CT molecular complexity index is 837. The third kappa shape index (κ3) is 2.57. The number of Topliss-reactive ketones (excluding diaryl/α,β-unsaturated/α-hetero) is 1. The number of aromatic hydroxyl groups is 1. The molecule has 0 saturated heterocycles. The van der Waals surface area contributed by atoms with Gasteiger partial charge in [0.05, 0.1) is 22.7 Å². The summed E-state index contributed by atoms with van der Waals surface area (Å²) in [5.41, 5.74) is -1.70. The number of carbonyl (C=O) groups excluding carboxylic acids is 2. The zero-order valence-electron chi connectivity index (χ0n) is 11.6. The highest BCUT2D eigenvalue weighted by Crippen LogP contribution is 2.44. The van der Waals surface area contributed by atoms with E-state index in [2.05, 4.69) is 5.32 Å². The van der Waals surface area contributed by atoms with E-state index in [-0.39, 0.29) is 32.6 Å². The number of fused-ring (bicyclic) bond motifs is 1. The van der Waals surface area contributed by atoms with Gasteiger partial charge in [0, 0.05) is 10.6 Å².